The Morgan fingerprint density at radius 3 is 2.74 bits per heavy atom. The largest absolute Gasteiger partial charge is 0.388 e. The second kappa shape index (κ2) is 6.92. The average Bonchev–Trinajstić information content (AvgIpc) is 2.47. The maximum Gasteiger partial charge on any atom is 0.0787 e. The summed E-state index contributed by atoms with van der Waals surface area (Å²) in [5.74, 6) is 0.639. The SMILES string of the molecule is CC[C@H](O)c1ccc(N2CCCC(COC)C2)cc1. The lowest BCUT2D eigenvalue weighted by Crippen LogP contribution is -2.37. The number of hydrogen-bond acceptors (Lipinski definition) is 3. The lowest BCUT2D eigenvalue weighted by atomic mass is 9.98. The van der Waals surface area contributed by atoms with Gasteiger partial charge >= 0.3 is 0 Å². The molecular formula is C16H25NO2. The summed E-state index contributed by atoms with van der Waals surface area (Å²) < 4.78 is 5.27. The number of aliphatic hydroxyl groups is 1. The van der Waals surface area contributed by atoms with Crippen molar-refractivity contribution >= 4 is 5.69 Å². The highest BCUT2D eigenvalue weighted by Gasteiger charge is 2.20. The van der Waals surface area contributed by atoms with Crippen LogP contribution in [0.1, 0.15) is 37.9 Å². The van der Waals surface area contributed by atoms with E-state index in [1.165, 1.54) is 18.5 Å². The fourth-order valence-electron chi connectivity index (χ4n) is 2.81. The first-order valence-corrected chi connectivity index (χ1v) is 7.26. The van der Waals surface area contributed by atoms with Crippen LogP contribution in [-0.2, 0) is 4.74 Å². The van der Waals surface area contributed by atoms with E-state index in [9.17, 15) is 5.11 Å². The van der Waals surface area contributed by atoms with Gasteiger partial charge in [0.25, 0.3) is 0 Å². The summed E-state index contributed by atoms with van der Waals surface area (Å²) in [6, 6.07) is 8.35. The first-order chi connectivity index (χ1) is 9.24. The molecule has 1 aliphatic rings. The molecule has 1 aromatic rings. The van der Waals surface area contributed by atoms with Crippen molar-refractivity contribution < 1.29 is 9.84 Å². The molecule has 1 fully saturated rings. The fraction of sp³-hybridized carbons (Fsp3) is 0.625. The van der Waals surface area contributed by atoms with Crippen molar-refractivity contribution in [3.05, 3.63) is 29.8 Å². The molecule has 0 saturated carbocycles. The van der Waals surface area contributed by atoms with Crippen LogP contribution in [0.5, 0.6) is 0 Å². The molecule has 3 heteroatoms. The monoisotopic (exact) mass is 263 g/mol. The molecule has 0 aromatic heterocycles. The van der Waals surface area contributed by atoms with Gasteiger partial charge < -0.3 is 14.7 Å². The van der Waals surface area contributed by atoms with Gasteiger partial charge in [-0.1, -0.05) is 19.1 Å². The molecule has 19 heavy (non-hydrogen) atoms. The van der Waals surface area contributed by atoms with Gasteiger partial charge in [-0.05, 0) is 42.9 Å². The average molecular weight is 263 g/mol. The summed E-state index contributed by atoms with van der Waals surface area (Å²) in [5.41, 5.74) is 2.27. The van der Waals surface area contributed by atoms with E-state index in [0.29, 0.717) is 5.92 Å². The molecule has 1 saturated heterocycles. The summed E-state index contributed by atoms with van der Waals surface area (Å²) in [6.07, 6.45) is 2.92. The maximum absolute atomic E-state index is 9.81. The van der Waals surface area contributed by atoms with Gasteiger partial charge in [0.15, 0.2) is 0 Å². The highest BCUT2D eigenvalue weighted by Crippen LogP contribution is 2.25. The van der Waals surface area contributed by atoms with E-state index in [1.54, 1.807) is 7.11 Å². The lowest BCUT2D eigenvalue weighted by molar-refractivity contribution is 0.143. The quantitative estimate of drug-likeness (QED) is 0.886. The molecule has 0 radical (unpaired) electrons. The molecule has 0 bridgehead atoms. The van der Waals surface area contributed by atoms with E-state index >= 15 is 0 Å². The third kappa shape index (κ3) is 3.71. The van der Waals surface area contributed by atoms with Crippen molar-refractivity contribution in [3.8, 4) is 0 Å². The van der Waals surface area contributed by atoms with E-state index < -0.39 is 0 Å². The fourth-order valence-corrected chi connectivity index (χ4v) is 2.81. The Hall–Kier alpha value is -1.06. The van der Waals surface area contributed by atoms with E-state index in [0.717, 1.165) is 31.7 Å². The summed E-state index contributed by atoms with van der Waals surface area (Å²) in [5, 5.41) is 9.81. The van der Waals surface area contributed by atoms with E-state index in [-0.39, 0.29) is 6.10 Å². The Balaban J connectivity index is 2.01. The van der Waals surface area contributed by atoms with Gasteiger partial charge in [0.05, 0.1) is 12.7 Å². The van der Waals surface area contributed by atoms with Crippen LogP contribution in [0, 0.1) is 5.92 Å². The van der Waals surface area contributed by atoms with Crippen molar-refractivity contribution in [2.75, 3.05) is 31.7 Å². The minimum absolute atomic E-state index is 0.336. The molecule has 1 aliphatic heterocycles. The van der Waals surface area contributed by atoms with Crippen LogP contribution in [0.4, 0.5) is 5.69 Å². The molecule has 2 rings (SSSR count). The van der Waals surface area contributed by atoms with Gasteiger partial charge in [-0.2, -0.15) is 0 Å². The van der Waals surface area contributed by atoms with Crippen molar-refractivity contribution in [2.45, 2.75) is 32.3 Å². The molecular weight excluding hydrogens is 238 g/mol. The molecule has 1 N–H and O–H groups in total. The number of ether oxygens (including phenoxy) is 1. The van der Waals surface area contributed by atoms with Crippen LogP contribution < -0.4 is 4.90 Å². The van der Waals surface area contributed by atoms with Gasteiger partial charge in [0.1, 0.15) is 0 Å². The number of piperidine rings is 1. The zero-order chi connectivity index (χ0) is 13.7. The standard InChI is InChI=1S/C16H25NO2/c1-3-16(18)14-6-8-15(9-7-14)17-10-4-5-13(11-17)12-19-2/h6-9,13,16,18H,3-5,10-12H2,1-2H3/t13?,16-/m0/s1. The van der Waals surface area contributed by atoms with Gasteiger partial charge in [0, 0.05) is 25.9 Å². The number of benzene rings is 1. The van der Waals surface area contributed by atoms with E-state index in [2.05, 4.69) is 17.0 Å². The zero-order valence-electron chi connectivity index (χ0n) is 12.0. The Morgan fingerprint density at radius 2 is 2.11 bits per heavy atom. The zero-order valence-corrected chi connectivity index (χ0v) is 12.0. The molecule has 0 aliphatic carbocycles. The first kappa shape index (κ1) is 14.4. The highest BCUT2D eigenvalue weighted by molar-refractivity contribution is 5.48. The van der Waals surface area contributed by atoms with Crippen LogP contribution in [0.3, 0.4) is 0 Å². The number of methoxy groups -OCH3 is 1. The van der Waals surface area contributed by atoms with Crippen LogP contribution in [-0.4, -0.2) is 31.9 Å². The Kier molecular flexibility index (Phi) is 5.23. The molecule has 2 atom stereocenters. The number of anilines is 1. The number of rotatable bonds is 5. The Labute approximate surface area is 116 Å². The van der Waals surface area contributed by atoms with E-state index in [1.807, 2.05) is 19.1 Å². The third-order valence-corrected chi connectivity index (χ3v) is 3.95. The number of hydrogen-bond donors (Lipinski definition) is 1. The summed E-state index contributed by atoms with van der Waals surface area (Å²) in [6.45, 7) is 5.04. The predicted molar refractivity (Wildman–Crippen MR) is 78.5 cm³/mol. The number of aliphatic hydroxyl groups excluding tert-OH is 1. The molecule has 106 valence electrons. The molecule has 3 nitrogen and oxygen atoms in total. The maximum atomic E-state index is 9.81. The van der Waals surface area contributed by atoms with Crippen LogP contribution in [0.25, 0.3) is 0 Å². The molecule has 0 spiro atoms. The van der Waals surface area contributed by atoms with E-state index in [4.69, 9.17) is 4.74 Å². The van der Waals surface area contributed by atoms with Gasteiger partial charge in [-0.15, -0.1) is 0 Å². The van der Waals surface area contributed by atoms with Crippen molar-refractivity contribution in [3.63, 3.8) is 0 Å². The van der Waals surface area contributed by atoms with Crippen LogP contribution in [0.15, 0.2) is 24.3 Å². The smallest absolute Gasteiger partial charge is 0.0787 e. The second-order valence-corrected chi connectivity index (χ2v) is 5.43. The van der Waals surface area contributed by atoms with Crippen LogP contribution in [0.2, 0.25) is 0 Å². The normalized spacial score (nSPS) is 21.4. The molecule has 1 unspecified atom stereocenters. The summed E-state index contributed by atoms with van der Waals surface area (Å²) in [4.78, 5) is 2.43. The summed E-state index contributed by atoms with van der Waals surface area (Å²) in [7, 11) is 1.78. The summed E-state index contributed by atoms with van der Waals surface area (Å²) >= 11 is 0. The Morgan fingerprint density at radius 1 is 1.37 bits per heavy atom. The number of nitrogens with zero attached hydrogens (tertiary/aromatic N) is 1. The van der Waals surface area contributed by atoms with Gasteiger partial charge in [-0.3, -0.25) is 0 Å². The molecule has 0 amide bonds. The third-order valence-electron chi connectivity index (χ3n) is 3.95. The minimum Gasteiger partial charge on any atom is -0.388 e. The predicted octanol–water partition coefficient (Wildman–Crippen LogP) is 2.99. The molecule has 1 aromatic carbocycles. The first-order valence-electron chi connectivity index (χ1n) is 7.26. The van der Waals surface area contributed by atoms with Crippen molar-refractivity contribution in [1.29, 1.82) is 0 Å². The van der Waals surface area contributed by atoms with Crippen molar-refractivity contribution in [1.82, 2.24) is 0 Å². The Bertz CT molecular complexity index is 375. The second-order valence-electron chi connectivity index (χ2n) is 5.43. The van der Waals surface area contributed by atoms with Gasteiger partial charge in [0.2, 0.25) is 0 Å². The highest BCUT2D eigenvalue weighted by atomic mass is 16.5. The molecule has 1 heterocycles. The topological polar surface area (TPSA) is 32.7 Å². The van der Waals surface area contributed by atoms with Gasteiger partial charge in [-0.25, -0.2) is 0 Å². The van der Waals surface area contributed by atoms with Crippen LogP contribution >= 0.6 is 0 Å². The van der Waals surface area contributed by atoms with Crippen molar-refractivity contribution in [2.24, 2.45) is 5.92 Å². The minimum atomic E-state index is -0.336. The lowest BCUT2D eigenvalue weighted by Gasteiger charge is -2.34.